The molecule has 2 aromatic carbocycles. The van der Waals surface area contributed by atoms with Crippen LogP contribution >= 0.6 is 11.8 Å². The largest absolute Gasteiger partial charge is 0.497 e. The summed E-state index contributed by atoms with van der Waals surface area (Å²) in [7, 11) is 1.58. The van der Waals surface area contributed by atoms with Gasteiger partial charge in [-0.2, -0.15) is 0 Å². The Hall–Kier alpha value is -3.40. The van der Waals surface area contributed by atoms with E-state index in [4.69, 9.17) is 4.74 Å². The fourth-order valence-electron chi connectivity index (χ4n) is 3.01. The molecule has 0 unspecified atom stereocenters. The van der Waals surface area contributed by atoms with Gasteiger partial charge < -0.3 is 19.9 Å². The Morgan fingerprint density at radius 3 is 2.53 bits per heavy atom. The maximum absolute atomic E-state index is 13.9. The molecule has 3 aromatic rings. The highest BCUT2D eigenvalue weighted by Gasteiger charge is 2.21. The number of methoxy groups -OCH3 is 1. The van der Waals surface area contributed by atoms with E-state index in [1.165, 1.54) is 30.0 Å². The van der Waals surface area contributed by atoms with E-state index < -0.39 is 17.8 Å². The van der Waals surface area contributed by atoms with Crippen LogP contribution in [-0.2, 0) is 11.3 Å². The highest BCUT2D eigenvalue weighted by Crippen LogP contribution is 2.22. The van der Waals surface area contributed by atoms with Crippen molar-refractivity contribution in [3.05, 3.63) is 65.7 Å². The molecule has 0 aliphatic rings. The number of thioether (sulfide) groups is 1. The average Bonchev–Trinajstić information content (AvgIpc) is 3.21. The molecule has 8 nitrogen and oxygen atoms in total. The van der Waals surface area contributed by atoms with Crippen molar-refractivity contribution < 1.29 is 18.7 Å². The number of nitrogens with one attached hydrogen (secondary N) is 2. The van der Waals surface area contributed by atoms with Crippen molar-refractivity contribution >= 4 is 29.3 Å². The summed E-state index contributed by atoms with van der Waals surface area (Å²) < 4.78 is 20.8. The van der Waals surface area contributed by atoms with Gasteiger partial charge in [-0.05, 0) is 50.2 Å². The van der Waals surface area contributed by atoms with Crippen LogP contribution in [0.15, 0.2) is 53.7 Å². The van der Waals surface area contributed by atoms with E-state index >= 15 is 0 Å². The van der Waals surface area contributed by atoms with Crippen LogP contribution in [0.2, 0.25) is 0 Å². The quantitative estimate of drug-likeness (QED) is 0.476. The number of anilines is 1. The summed E-state index contributed by atoms with van der Waals surface area (Å²) in [5.41, 5.74) is 0.630. The van der Waals surface area contributed by atoms with Gasteiger partial charge in [-0.3, -0.25) is 9.59 Å². The number of amides is 2. The van der Waals surface area contributed by atoms with Gasteiger partial charge in [0.1, 0.15) is 11.6 Å². The molecule has 2 N–H and O–H groups in total. The summed E-state index contributed by atoms with van der Waals surface area (Å²) in [4.78, 5) is 24.7. The molecule has 0 saturated heterocycles. The zero-order valence-corrected chi connectivity index (χ0v) is 18.8. The van der Waals surface area contributed by atoms with E-state index in [0.29, 0.717) is 29.0 Å². The van der Waals surface area contributed by atoms with E-state index in [2.05, 4.69) is 20.8 Å². The predicted molar refractivity (Wildman–Crippen MR) is 120 cm³/mol. The Morgan fingerprint density at radius 1 is 1.16 bits per heavy atom. The van der Waals surface area contributed by atoms with Crippen LogP contribution in [0.4, 0.5) is 10.1 Å². The standard InChI is InChI=1S/C22H24FN5O3S/c1-4-28-20(14(2)24-21(30)17-7-5-6-8-18(17)23)26-27-22(28)32-13-19(29)25-15-9-11-16(31-3)12-10-15/h5-12,14H,4,13H2,1-3H3,(H,24,30)(H,25,29)/t14-/m1/s1. The third-order valence-electron chi connectivity index (χ3n) is 4.62. The summed E-state index contributed by atoms with van der Waals surface area (Å²) in [6, 6.07) is 12.3. The van der Waals surface area contributed by atoms with E-state index in [1.54, 1.807) is 44.4 Å². The van der Waals surface area contributed by atoms with E-state index in [1.807, 2.05) is 11.5 Å². The topological polar surface area (TPSA) is 98.1 Å². The lowest BCUT2D eigenvalue weighted by Crippen LogP contribution is -2.29. The lowest BCUT2D eigenvalue weighted by atomic mass is 10.2. The van der Waals surface area contributed by atoms with E-state index in [-0.39, 0.29) is 17.2 Å². The fraction of sp³-hybridized carbons (Fsp3) is 0.273. The SMILES string of the molecule is CCn1c(SCC(=O)Nc2ccc(OC)cc2)nnc1[C@@H](C)NC(=O)c1ccccc1F. The number of ether oxygens (including phenoxy) is 1. The number of nitrogens with zero attached hydrogens (tertiary/aromatic N) is 3. The predicted octanol–water partition coefficient (Wildman–Crippen LogP) is 3.67. The number of hydrogen-bond acceptors (Lipinski definition) is 6. The first-order chi connectivity index (χ1) is 15.4. The molecule has 0 fully saturated rings. The molecule has 0 radical (unpaired) electrons. The first-order valence-electron chi connectivity index (χ1n) is 9.98. The number of benzene rings is 2. The van der Waals surface area contributed by atoms with Crippen LogP contribution in [0.5, 0.6) is 5.75 Å². The molecule has 2 amide bonds. The molecule has 0 aliphatic heterocycles. The number of halogens is 1. The Kier molecular flexibility index (Phi) is 7.82. The van der Waals surface area contributed by atoms with Gasteiger partial charge in [0.25, 0.3) is 5.91 Å². The van der Waals surface area contributed by atoms with E-state index in [9.17, 15) is 14.0 Å². The number of carbonyl (C=O) groups excluding carboxylic acids is 2. The molecule has 1 atom stereocenters. The molecule has 1 aromatic heterocycles. The molecule has 168 valence electrons. The number of hydrogen-bond donors (Lipinski definition) is 2. The Bertz CT molecular complexity index is 1090. The maximum Gasteiger partial charge on any atom is 0.254 e. The van der Waals surface area contributed by atoms with Crippen LogP contribution in [-0.4, -0.2) is 39.4 Å². The van der Waals surface area contributed by atoms with Gasteiger partial charge in [0.2, 0.25) is 5.91 Å². The Labute approximate surface area is 189 Å². The van der Waals surface area contributed by atoms with Crippen molar-refractivity contribution in [1.82, 2.24) is 20.1 Å². The molecular formula is C22H24FN5O3S. The molecule has 0 aliphatic carbocycles. The molecule has 1 heterocycles. The zero-order chi connectivity index (χ0) is 23.1. The van der Waals surface area contributed by atoms with Crippen molar-refractivity contribution in [2.45, 2.75) is 31.6 Å². The molecule has 3 rings (SSSR count). The molecule has 0 spiro atoms. The van der Waals surface area contributed by atoms with Crippen LogP contribution in [0, 0.1) is 5.82 Å². The second kappa shape index (κ2) is 10.8. The van der Waals surface area contributed by atoms with Crippen LogP contribution in [0.25, 0.3) is 0 Å². The fourth-order valence-corrected chi connectivity index (χ4v) is 3.82. The molecule has 0 bridgehead atoms. The second-order valence-corrected chi connectivity index (χ2v) is 7.77. The highest BCUT2D eigenvalue weighted by molar-refractivity contribution is 7.99. The van der Waals surface area contributed by atoms with Gasteiger partial charge in [-0.15, -0.1) is 10.2 Å². The summed E-state index contributed by atoms with van der Waals surface area (Å²) in [5.74, 6) is 0.0587. The lowest BCUT2D eigenvalue weighted by Gasteiger charge is -2.15. The highest BCUT2D eigenvalue weighted by atomic mass is 32.2. The summed E-state index contributed by atoms with van der Waals surface area (Å²) in [6.45, 7) is 4.21. The molecule has 32 heavy (non-hydrogen) atoms. The molecule has 10 heteroatoms. The van der Waals surface area contributed by atoms with Crippen molar-refractivity contribution in [2.24, 2.45) is 0 Å². The van der Waals surface area contributed by atoms with Gasteiger partial charge >= 0.3 is 0 Å². The van der Waals surface area contributed by atoms with Crippen molar-refractivity contribution in [2.75, 3.05) is 18.2 Å². The van der Waals surface area contributed by atoms with Crippen LogP contribution in [0.3, 0.4) is 0 Å². The molecular weight excluding hydrogens is 433 g/mol. The van der Waals surface area contributed by atoms with Crippen molar-refractivity contribution in [3.8, 4) is 5.75 Å². The zero-order valence-electron chi connectivity index (χ0n) is 18.0. The van der Waals surface area contributed by atoms with Crippen molar-refractivity contribution in [1.29, 1.82) is 0 Å². The lowest BCUT2D eigenvalue weighted by molar-refractivity contribution is -0.113. The first kappa shape index (κ1) is 23.3. The summed E-state index contributed by atoms with van der Waals surface area (Å²) in [5, 5.41) is 14.5. The molecule has 0 saturated carbocycles. The Morgan fingerprint density at radius 2 is 1.88 bits per heavy atom. The minimum atomic E-state index is -0.590. The van der Waals surface area contributed by atoms with E-state index in [0.717, 1.165) is 0 Å². The second-order valence-electron chi connectivity index (χ2n) is 6.83. The summed E-state index contributed by atoms with van der Waals surface area (Å²) in [6.07, 6.45) is 0. The van der Waals surface area contributed by atoms with Gasteiger partial charge in [-0.1, -0.05) is 23.9 Å². The smallest absolute Gasteiger partial charge is 0.254 e. The van der Waals surface area contributed by atoms with Gasteiger partial charge in [0, 0.05) is 12.2 Å². The Balaban J connectivity index is 1.61. The van der Waals surface area contributed by atoms with Gasteiger partial charge in [0.05, 0.1) is 24.5 Å². The third kappa shape index (κ3) is 5.64. The maximum atomic E-state index is 13.9. The van der Waals surface area contributed by atoms with Gasteiger partial charge in [0.15, 0.2) is 11.0 Å². The summed E-state index contributed by atoms with van der Waals surface area (Å²) >= 11 is 1.24. The average molecular weight is 458 g/mol. The minimum Gasteiger partial charge on any atom is -0.497 e. The van der Waals surface area contributed by atoms with Crippen LogP contribution in [0.1, 0.15) is 36.1 Å². The first-order valence-corrected chi connectivity index (χ1v) is 11.0. The third-order valence-corrected chi connectivity index (χ3v) is 5.59. The van der Waals surface area contributed by atoms with Crippen LogP contribution < -0.4 is 15.4 Å². The normalized spacial score (nSPS) is 11.6. The number of aromatic nitrogens is 3. The monoisotopic (exact) mass is 457 g/mol. The minimum absolute atomic E-state index is 0.0354. The number of rotatable bonds is 9. The number of carbonyl (C=O) groups is 2. The van der Waals surface area contributed by atoms with Crippen molar-refractivity contribution in [3.63, 3.8) is 0 Å². The van der Waals surface area contributed by atoms with Gasteiger partial charge in [-0.25, -0.2) is 4.39 Å².